The van der Waals surface area contributed by atoms with E-state index >= 15 is 0 Å². The SMILES string of the molecule is CCNC1CC(C)(C)Oc2ccc(-c3ccccc3)cc21. The van der Waals surface area contributed by atoms with Gasteiger partial charge in [-0.05, 0) is 43.7 Å². The molecule has 0 radical (unpaired) electrons. The zero-order valence-electron chi connectivity index (χ0n) is 13.0. The maximum Gasteiger partial charge on any atom is 0.124 e. The normalized spacial score (nSPS) is 19.7. The quantitative estimate of drug-likeness (QED) is 0.890. The van der Waals surface area contributed by atoms with E-state index in [0.29, 0.717) is 6.04 Å². The van der Waals surface area contributed by atoms with Crippen molar-refractivity contribution in [1.29, 1.82) is 0 Å². The molecule has 0 fully saturated rings. The molecule has 2 aromatic rings. The van der Waals surface area contributed by atoms with E-state index in [1.54, 1.807) is 0 Å². The van der Waals surface area contributed by atoms with Gasteiger partial charge >= 0.3 is 0 Å². The molecule has 110 valence electrons. The van der Waals surface area contributed by atoms with Crippen LogP contribution in [0.15, 0.2) is 48.5 Å². The minimum absolute atomic E-state index is 0.117. The van der Waals surface area contributed by atoms with Crippen molar-refractivity contribution in [3.8, 4) is 16.9 Å². The van der Waals surface area contributed by atoms with E-state index in [1.807, 2.05) is 0 Å². The van der Waals surface area contributed by atoms with Crippen LogP contribution in [0.2, 0.25) is 0 Å². The van der Waals surface area contributed by atoms with Crippen molar-refractivity contribution in [2.45, 2.75) is 38.8 Å². The molecule has 0 aromatic heterocycles. The molecule has 0 saturated carbocycles. The first-order valence-corrected chi connectivity index (χ1v) is 7.71. The molecule has 0 bridgehead atoms. The van der Waals surface area contributed by atoms with E-state index < -0.39 is 0 Å². The van der Waals surface area contributed by atoms with Crippen LogP contribution in [0, 0.1) is 0 Å². The van der Waals surface area contributed by atoms with E-state index in [2.05, 4.69) is 74.6 Å². The molecule has 1 N–H and O–H groups in total. The smallest absolute Gasteiger partial charge is 0.124 e. The van der Waals surface area contributed by atoms with Crippen molar-refractivity contribution in [1.82, 2.24) is 5.32 Å². The first-order chi connectivity index (χ1) is 10.1. The van der Waals surface area contributed by atoms with Gasteiger partial charge in [0.15, 0.2) is 0 Å². The van der Waals surface area contributed by atoms with Gasteiger partial charge in [0.2, 0.25) is 0 Å². The van der Waals surface area contributed by atoms with Crippen LogP contribution in [-0.4, -0.2) is 12.1 Å². The highest BCUT2D eigenvalue weighted by Gasteiger charge is 2.33. The first-order valence-electron chi connectivity index (χ1n) is 7.71. The Kier molecular flexibility index (Phi) is 3.73. The van der Waals surface area contributed by atoms with Gasteiger partial charge in [0.25, 0.3) is 0 Å². The number of hydrogen-bond acceptors (Lipinski definition) is 2. The molecule has 2 aromatic carbocycles. The number of benzene rings is 2. The molecular weight excluding hydrogens is 258 g/mol. The molecule has 0 aliphatic carbocycles. The van der Waals surface area contributed by atoms with E-state index in [4.69, 9.17) is 4.74 Å². The molecule has 0 amide bonds. The highest BCUT2D eigenvalue weighted by atomic mass is 16.5. The summed E-state index contributed by atoms with van der Waals surface area (Å²) in [6.45, 7) is 7.44. The molecule has 0 spiro atoms. The summed E-state index contributed by atoms with van der Waals surface area (Å²) in [4.78, 5) is 0. The second-order valence-corrected chi connectivity index (χ2v) is 6.29. The minimum atomic E-state index is -0.117. The van der Waals surface area contributed by atoms with Crippen molar-refractivity contribution < 1.29 is 4.74 Å². The Labute approximate surface area is 127 Å². The molecule has 3 rings (SSSR count). The Morgan fingerprint density at radius 3 is 2.57 bits per heavy atom. The van der Waals surface area contributed by atoms with Gasteiger partial charge in [-0.25, -0.2) is 0 Å². The van der Waals surface area contributed by atoms with E-state index in [-0.39, 0.29) is 5.60 Å². The van der Waals surface area contributed by atoms with Crippen LogP contribution >= 0.6 is 0 Å². The molecule has 1 aliphatic rings. The van der Waals surface area contributed by atoms with Crippen LogP contribution < -0.4 is 10.1 Å². The Morgan fingerprint density at radius 2 is 1.86 bits per heavy atom. The number of ether oxygens (including phenoxy) is 1. The lowest BCUT2D eigenvalue weighted by molar-refractivity contribution is 0.0665. The Balaban J connectivity index is 2.02. The lowest BCUT2D eigenvalue weighted by atomic mass is 9.88. The zero-order chi connectivity index (χ0) is 14.9. The first kappa shape index (κ1) is 14.2. The van der Waals surface area contributed by atoms with Crippen molar-refractivity contribution in [2.75, 3.05) is 6.54 Å². The highest BCUT2D eigenvalue weighted by Crippen LogP contribution is 2.41. The average molecular weight is 281 g/mol. The largest absolute Gasteiger partial charge is 0.487 e. The number of hydrogen-bond donors (Lipinski definition) is 1. The molecule has 0 saturated heterocycles. The summed E-state index contributed by atoms with van der Waals surface area (Å²) in [5.74, 6) is 1.01. The molecule has 2 nitrogen and oxygen atoms in total. The molecule has 1 unspecified atom stereocenters. The van der Waals surface area contributed by atoms with Crippen LogP contribution in [-0.2, 0) is 0 Å². The standard InChI is InChI=1S/C19H23NO/c1-4-20-17-13-19(2,3)21-18-11-10-15(12-16(17)18)14-8-6-5-7-9-14/h5-12,17,20H,4,13H2,1-3H3. The third-order valence-electron chi connectivity index (χ3n) is 4.02. The maximum absolute atomic E-state index is 6.15. The van der Waals surface area contributed by atoms with Crippen molar-refractivity contribution in [2.24, 2.45) is 0 Å². The molecule has 2 heteroatoms. The summed E-state index contributed by atoms with van der Waals surface area (Å²) in [5.41, 5.74) is 3.66. The topological polar surface area (TPSA) is 21.3 Å². The van der Waals surface area contributed by atoms with Crippen molar-refractivity contribution >= 4 is 0 Å². The highest BCUT2D eigenvalue weighted by molar-refractivity contribution is 5.66. The van der Waals surface area contributed by atoms with Gasteiger partial charge in [0, 0.05) is 18.0 Å². The predicted molar refractivity (Wildman–Crippen MR) is 87.6 cm³/mol. The van der Waals surface area contributed by atoms with E-state index in [1.165, 1.54) is 16.7 Å². The molecule has 1 heterocycles. The number of nitrogens with one attached hydrogen (secondary N) is 1. The fourth-order valence-corrected chi connectivity index (χ4v) is 3.09. The molecular formula is C19H23NO. The lowest BCUT2D eigenvalue weighted by Gasteiger charge is -2.38. The Morgan fingerprint density at radius 1 is 1.10 bits per heavy atom. The van der Waals surface area contributed by atoms with Gasteiger partial charge in [0.05, 0.1) is 0 Å². The molecule has 1 atom stereocenters. The fraction of sp³-hybridized carbons (Fsp3) is 0.368. The van der Waals surface area contributed by atoms with Crippen LogP contribution in [0.4, 0.5) is 0 Å². The Bertz CT molecular complexity index is 619. The van der Waals surface area contributed by atoms with Gasteiger partial charge in [0.1, 0.15) is 11.4 Å². The minimum Gasteiger partial charge on any atom is -0.487 e. The Hall–Kier alpha value is -1.80. The summed E-state index contributed by atoms with van der Waals surface area (Å²) in [5, 5.41) is 3.59. The van der Waals surface area contributed by atoms with Crippen LogP contribution in [0.3, 0.4) is 0 Å². The molecule has 1 aliphatic heterocycles. The maximum atomic E-state index is 6.15. The van der Waals surface area contributed by atoms with Crippen molar-refractivity contribution in [3.05, 3.63) is 54.1 Å². The number of fused-ring (bicyclic) bond motifs is 1. The third kappa shape index (κ3) is 2.96. The zero-order valence-corrected chi connectivity index (χ0v) is 13.0. The fourth-order valence-electron chi connectivity index (χ4n) is 3.09. The second-order valence-electron chi connectivity index (χ2n) is 6.29. The van der Waals surface area contributed by atoms with Gasteiger partial charge in [-0.1, -0.05) is 43.3 Å². The summed E-state index contributed by atoms with van der Waals surface area (Å²) in [7, 11) is 0. The lowest BCUT2D eigenvalue weighted by Crippen LogP contribution is -2.39. The van der Waals surface area contributed by atoms with Gasteiger partial charge in [-0.15, -0.1) is 0 Å². The summed E-state index contributed by atoms with van der Waals surface area (Å²) in [6, 6.07) is 17.4. The van der Waals surface area contributed by atoms with Crippen molar-refractivity contribution in [3.63, 3.8) is 0 Å². The van der Waals surface area contributed by atoms with Crippen LogP contribution in [0.1, 0.15) is 38.8 Å². The second kappa shape index (κ2) is 5.53. The molecule has 21 heavy (non-hydrogen) atoms. The van der Waals surface area contributed by atoms with E-state index in [9.17, 15) is 0 Å². The number of rotatable bonds is 3. The van der Waals surface area contributed by atoms with Gasteiger partial charge < -0.3 is 10.1 Å². The van der Waals surface area contributed by atoms with Crippen LogP contribution in [0.5, 0.6) is 5.75 Å². The van der Waals surface area contributed by atoms with Gasteiger partial charge in [-0.3, -0.25) is 0 Å². The average Bonchev–Trinajstić information content (AvgIpc) is 2.47. The predicted octanol–water partition coefficient (Wildman–Crippen LogP) is 4.57. The van der Waals surface area contributed by atoms with Crippen LogP contribution in [0.25, 0.3) is 11.1 Å². The third-order valence-corrected chi connectivity index (χ3v) is 4.02. The summed E-state index contributed by atoms with van der Waals surface area (Å²) >= 11 is 0. The summed E-state index contributed by atoms with van der Waals surface area (Å²) in [6.07, 6.45) is 0.992. The summed E-state index contributed by atoms with van der Waals surface area (Å²) < 4.78 is 6.15. The van der Waals surface area contributed by atoms with Gasteiger partial charge in [-0.2, -0.15) is 0 Å². The monoisotopic (exact) mass is 281 g/mol. The van der Waals surface area contributed by atoms with E-state index in [0.717, 1.165) is 18.7 Å².